The van der Waals surface area contributed by atoms with Gasteiger partial charge >= 0.3 is 0 Å². The quantitative estimate of drug-likeness (QED) is 0.732. The molecule has 0 saturated carbocycles. The number of nitriles is 2. The fourth-order valence-corrected chi connectivity index (χ4v) is 3.44. The average molecular weight is 393 g/mol. The molecule has 9 heteroatoms. The van der Waals surface area contributed by atoms with Crippen molar-refractivity contribution in [2.45, 2.75) is 24.9 Å². The normalized spacial score (nSPS) is 18.4. The van der Waals surface area contributed by atoms with Gasteiger partial charge in [0.2, 0.25) is 5.95 Å². The second kappa shape index (κ2) is 7.12. The van der Waals surface area contributed by atoms with Crippen LogP contribution in [0.4, 0.5) is 14.7 Å². The highest BCUT2D eigenvalue weighted by molar-refractivity contribution is 5.80. The lowest BCUT2D eigenvalue weighted by atomic mass is 10.0. The molecule has 0 unspecified atom stereocenters. The molecule has 1 fully saturated rings. The first-order valence-corrected chi connectivity index (χ1v) is 9.05. The fourth-order valence-electron chi connectivity index (χ4n) is 3.44. The van der Waals surface area contributed by atoms with E-state index in [1.165, 1.54) is 6.20 Å². The minimum Gasteiger partial charge on any atom is -0.340 e. The zero-order chi connectivity index (χ0) is 20.6. The van der Waals surface area contributed by atoms with Crippen LogP contribution in [0.25, 0.3) is 11.0 Å². The van der Waals surface area contributed by atoms with Crippen molar-refractivity contribution in [3.63, 3.8) is 0 Å². The van der Waals surface area contributed by atoms with E-state index in [1.807, 2.05) is 10.6 Å². The van der Waals surface area contributed by atoms with Gasteiger partial charge in [0.15, 0.2) is 0 Å². The highest BCUT2D eigenvalue weighted by atomic mass is 19.3. The summed E-state index contributed by atoms with van der Waals surface area (Å²) in [6.45, 7) is 0.409. The lowest BCUT2D eigenvalue weighted by Gasteiger charge is -2.37. The van der Waals surface area contributed by atoms with Gasteiger partial charge in [-0.05, 0) is 30.3 Å². The Labute approximate surface area is 165 Å². The third-order valence-electron chi connectivity index (χ3n) is 5.09. The number of fused-ring (bicyclic) bond motifs is 1. The molecule has 2 N–H and O–H groups in total. The largest absolute Gasteiger partial charge is 0.340 e. The van der Waals surface area contributed by atoms with E-state index in [0.717, 1.165) is 0 Å². The molecule has 7 nitrogen and oxygen atoms in total. The van der Waals surface area contributed by atoms with Gasteiger partial charge in [0.05, 0.1) is 46.5 Å². The van der Waals surface area contributed by atoms with Crippen molar-refractivity contribution in [2.24, 2.45) is 5.73 Å². The van der Waals surface area contributed by atoms with E-state index in [2.05, 4.69) is 16.0 Å². The van der Waals surface area contributed by atoms with Crippen LogP contribution in [-0.4, -0.2) is 39.6 Å². The molecule has 2 aromatic heterocycles. The molecule has 1 saturated heterocycles. The zero-order valence-electron chi connectivity index (χ0n) is 15.4. The van der Waals surface area contributed by atoms with E-state index in [4.69, 9.17) is 11.0 Å². The summed E-state index contributed by atoms with van der Waals surface area (Å²) in [5, 5.41) is 18.2. The van der Waals surface area contributed by atoms with Gasteiger partial charge in [-0.25, -0.2) is 13.8 Å². The Balaban J connectivity index is 1.78. The minimum absolute atomic E-state index is 0.0256. The second-order valence-corrected chi connectivity index (χ2v) is 7.03. The highest BCUT2D eigenvalue weighted by Crippen LogP contribution is 2.32. The van der Waals surface area contributed by atoms with Crippen LogP contribution in [0.15, 0.2) is 36.5 Å². The van der Waals surface area contributed by atoms with E-state index in [1.54, 1.807) is 35.2 Å². The van der Waals surface area contributed by atoms with Gasteiger partial charge in [-0.3, -0.25) is 4.98 Å². The maximum atomic E-state index is 13.9. The third-order valence-corrected chi connectivity index (χ3v) is 5.09. The van der Waals surface area contributed by atoms with E-state index in [9.17, 15) is 14.0 Å². The summed E-state index contributed by atoms with van der Waals surface area (Å²) in [6.07, 6.45) is 1.13. The van der Waals surface area contributed by atoms with Gasteiger partial charge in [-0.1, -0.05) is 0 Å². The van der Waals surface area contributed by atoms with Gasteiger partial charge < -0.3 is 15.2 Å². The molecule has 29 heavy (non-hydrogen) atoms. The highest BCUT2D eigenvalue weighted by Gasteiger charge is 2.42. The lowest BCUT2D eigenvalue weighted by Crippen LogP contribution is -2.55. The van der Waals surface area contributed by atoms with Crippen LogP contribution in [0, 0.1) is 22.7 Å². The Morgan fingerprint density at radius 1 is 1.17 bits per heavy atom. The summed E-state index contributed by atoms with van der Waals surface area (Å²) >= 11 is 0. The first-order valence-electron chi connectivity index (χ1n) is 9.05. The van der Waals surface area contributed by atoms with Crippen LogP contribution in [0.1, 0.15) is 23.2 Å². The first kappa shape index (κ1) is 18.8. The number of benzene rings is 1. The SMILES string of the molecule is N#Cc1ccc(Cn2c(N3CCC(F)(F)[C@H](N)C3)nc3ccc(C#N)cc32)nc1. The number of aromatic nitrogens is 3. The van der Waals surface area contributed by atoms with Crippen molar-refractivity contribution in [2.75, 3.05) is 18.0 Å². The number of anilines is 1. The van der Waals surface area contributed by atoms with Crippen molar-refractivity contribution in [1.82, 2.24) is 14.5 Å². The maximum Gasteiger partial charge on any atom is 0.266 e. The molecule has 1 aromatic carbocycles. The number of alkyl halides is 2. The summed E-state index contributed by atoms with van der Waals surface area (Å²) < 4.78 is 29.6. The molecule has 0 spiro atoms. The van der Waals surface area contributed by atoms with Crippen molar-refractivity contribution in [3.05, 3.63) is 53.3 Å². The van der Waals surface area contributed by atoms with Crippen LogP contribution in [-0.2, 0) is 6.54 Å². The van der Waals surface area contributed by atoms with Crippen LogP contribution in [0.5, 0.6) is 0 Å². The molecule has 1 aliphatic heterocycles. The number of halogens is 2. The number of nitrogens with zero attached hydrogens (tertiary/aromatic N) is 6. The lowest BCUT2D eigenvalue weighted by molar-refractivity contribution is -0.0395. The number of hydrogen-bond acceptors (Lipinski definition) is 6. The van der Waals surface area contributed by atoms with Gasteiger partial charge in [0, 0.05) is 25.7 Å². The van der Waals surface area contributed by atoms with Gasteiger partial charge in [-0.15, -0.1) is 0 Å². The van der Waals surface area contributed by atoms with Crippen molar-refractivity contribution in [1.29, 1.82) is 10.5 Å². The Morgan fingerprint density at radius 3 is 2.59 bits per heavy atom. The van der Waals surface area contributed by atoms with E-state index in [0.29, 0.717) is 40.3 Å². The zero-order valence-corrected chi connectivity index (χ0v) is 15.4. The number of rotatable bonds is 3. The number of hydrogen-bond donors (Lipinski definition) is 1. The molecule has 0 amide bonds. The third kappa shape index (κ3) is 3.48. The summed E-state index contributed by atoms with van der Waals surface area (Å²) in [7, 11) is 0. The molecular weight excluding hydrogens is 376 g/mol. The summed E-state index contributed by atoms with van der Waals surface area (Å²) in [5.74, 6) is -2.40. The number of nitrogens with two attached hydrogens (primary N) is 1. The predicted molar refractivity (Wildman–Crippen MR) is 102 cm³/mol. The first-order chi connectivity index (χ1) is 13.9. The standard InChI is InChI=1S/C20H17F2N7/c21-20(22)5-6-28(12-18(20)25)19-27-16-4-2-13(8-23)7-17(16)29(19)11-15-3-1-14(9-24)10-26-15/h1-4,7,10,18H,5-6,11-12,25H2/t18-/m1/s1. The van der Waals surface area contributed by atoms with Crippen molar-refractivity contribution < 1.29 is 8.78 Å². The molecule has 0 aliphatic carbocycles. The maximum absolute atomic E-state index is 13.9. The van der Waals surface area contributed by atoms with Crippen LogP contribution >= 0.6 is 0 Å². The summed E-state index contributed by atoms with van der Waals surface area (Å²) in [6, 6.07) is 11.4. The second-order valence-electron chi connectivity index (χ2n) is 7.03. The monoisotopic (exact) mass is 393 g/mol. The fraction of sp³-hybridized carbons (Fsp3) is 0.300. The molecule has 3 aromatic rings. The predicted octanol–water partition coefficient (Wildman–Crippen LogP) is 2.40. The van der Waals surface area contributed by atoms with Crippen LogP contribution in [0.2, 0.25) is 0 Å². The van der Waals surface area contributed by atoms with Crippen LogP contribution < -0.4 is 10.6 Å². The smallest absolute Gasteiger partial charge is 0.266 e. The molecule has 0 radical (unpaired) electrons. The van der Waals surface area contributed by atoms with Gasteiger partial charge in [-0.2, -0.15) is 10.5 Å². The number of imidazole rings is 1. The van der Waals surface area contributed by atoms with Crippen LogP contribution in [0.3, 0.4) is 0 Å². The van der Waals surface area contributed by atoms with E-state index < -0.39 is 12.0 Å². The Hall–Kier alpha value is -3.56. The topological polar surface area (TPSA) is 108 Å². The van der Waals surface area contributed by atoms with E-state index in [-0.39, 0.29) is 19.5 Å². The molecule has 3 heterocycles. The van der Waals surface area contributed by atoms with Crippen molar-refractivity contribution >= 4 is 17.0 Å². The molecule has 1 aliphatic rings. The van der Waals surface area contributed by atoms with Gasteiger partial charge in [0.1, 0.15) is 6.07 Å². The Kier molecular flexibility index (Phi) is 4.61. The number of piperidine rings is 1. The Bertz CT molecular complexity index is 1140. The summed E-state index contributed by atoms with van der Waals surface area (Å²) in [5.41, 5.74) is 8.65. The van der Waals surface area contributed by atoms with Crippen molar-refractivity contribution in [3.8, 4) is 12.1 Å². The number of pyridine rings is 1. The minimum atomic E-state index is -2.91. The van der Waals surface area contributed by atoms with E-state index >= 15 is 0 Å². The van der Waals surface area contributed by atoms with Gasteiger partial charge in [0.25, 0.3) is 5.92 Å². The molecular formula is C20H17F2N7. The molecule has 146 valence electrons. The Morgan fingerprint density at radius 2 is 1.93 bits per heavy atom. The molecule has 1 atom stereocenters. The average Bonchev–Trinajstić information content (AvgIpc) is 3.08. The summed E-state index contributed by atoms with van der Waals surface area (Å²) in [4.78, 5) is 10.7. The molecule has 4 rings (SSSR count). The molecule has 0 bridgehead atoms.